The van der Waals surface area contributed by atoms with Crippen molar-refractivity contribution in [1.29, 1.82) is 0 Å². The van der Waals surface area contributed by atoms with Gasteiger partial charge in [0.2, 0.25) is 5.91 Å². The fraction of sp³-hybridized carbons (Fsp3) is 0.611. The summed E-state index contributed by atoms with van der Waals surface area (Å²) in [5.74, 6) is 1.67. The van der Waals surface area contributed by atoms with Crippen molar-refractivity contribution in [3.63, 3.8) is 0 Å². The van der Waals surface area contributed by atoms with E-state index in [0.717, 1.165) is 39.0 Å². The Morgan fingerprint density at radius 3 is 2.18 bits per heavy atom. The minimum absolute atomic E-state index is 0. The zero-order valence-electron chi connectivity index (χ0n) is 13.5. The number of nitrogens with one attached hydrogen (secondary N) is 1. The number of hydrogen-bond donors (Lipinski definition) is 1. The van der Waals surface area contributed by atoms with Crippen LogP contribution in [0.25, 0.3) is 0 Å². The van der Waals surface area contributed by atoms with Gasteiger partial charge in [0.15, 0.2) is 0 Å². The number of carbonyl (C=O) groups excluding carboxylic acids is 1. The van der Waals surface area contributed by atoms with Crippen molar-refractivity contribution in [1.82, 2.24) is 10.2 Å². The fourth-order valence-electron chi connectivity index (χ4n) is 4.17. The molecule has 2 aliphatic heterocycles. The third-order valence-corrected chi connectivity index (χ3v) is 5.62. The first-order chi connectivity index (χ1) is 10.2. The maximum atomic E-state index is 13.3. The monoisotopic (exact) mass is 322 g/mol. The molecular formula is C18H27ClN2O. The van der Waals surface area contributed by atoms with Crippen LogP contribution in [0.5, 0.6) is 0 Å². The van der Waals surface area contributed by atoms with E-state index >= 15 is 0 Å². The van der Waals surface area contributed by atoms with Crippen LogP contribution in [0.15, 0.2) is 30.3 Å². The molecular weight excluding hydrogens is 296 g/mol. The van der Waals surface area contributed by atoms with E-state index in [9.17, 15) is 4.79 Å². The van der Waals surface area contributed by atoms with Gasteiger partial charge in [-0.25, -0.2) is 0 Å². The Morgan fingerprint density at radius 2 is 1.68 bits per heavy atom. The third-order valence-electron chi connectivity index (χ3n) is 5.62. The number of carbonyl (C=O) groups is 1. The maximum absolute atomic E-state index is 13.3. The lowest BCUT2D eigenvalue weighted by atomic mass is 9.74. The zero-order chi connectivity index (χ0) is 14.9. The van der Waals surface area contributed by atoms with E-state index in [2.05, 4.69) is 36.2 Å². The summed E-state index contributed by atoms with van der Waals surface area (Å²) in [6.07, 6.45) is 1.74. The highest BCUT2D eigenvalue weighted by molar-refractivity contribution is 5.88. The van der Waals surface area contributed by atoms with Crippen LogP contribution >= 0.6 is 12.4 Å². The lowest BCUT2D eigenvalue weighted by Gasteiger charge is -2.35. The van der Waals surface area contributed by atoms with E-state index in [1.165, 1.54) is 5.56 Å². The van der Waals surface area contributed by atoms with Crippen LogP contribution < -0.4 is 5.32 Å². The Labute approximate surface area is 139 Å². The van der Waals surface area contributed by atoms with E-state index in [4.69, 9.17) is 0 Å². The molecule has 0 aromatic heterocycles. The van der Waals surface area contributed by atoms with Crippen LogP contribution in [-0.2, 0) is 10.2 Å². The van der Waals surface area contributed by atoms with Crippen LogP contribution in [0.4, 0.5) is 0 Å². The second kappa shape index (κ2) is 7.01. The molecule has 0 spiro atoms. The van der Waals surface area contributed by atoms with E-state index in [1.807, 2.05) is 18.2 Å². The van der Waals surface area contributed by atoms with Crippen LogP contribution in [0.1, 0.15) is 32.3 Å². The number of nitrogens with zero attached hydrogens (tertiary/aromatic N) is 1. The molecule has 122 valence electrons. The van der Waals surface area contributed by atoms with E-state index in [0.29, 0.717) is 17.7 Å². The summed E-state index contributed by atoms with van der Waals surface area (Å²) < 4.78 is 0. The van der Waals surface area contributed by atoms with Crippen molar-refractivity contribution >= 4 is 18.3 Å². The number of hydrogen-bond acceptors (Lipinski definition) is 2. The minimum atomic E-state index is -0.340. The molecule has 0 bridgehead atoms. The molecule has 1 aromatic carbocycles. The Kier molecular flexibility index (Phi) is 5.51. The first kappa shape index (κ1) is 17.3. The third kappa shape index (κ3) is 2.77. The largest absolute Gasteiger partial charge is 0.341 e. The lowest BCUT2D eigenvalue weighted by molar-refractivity contribution is -0.137. The highest BCUT2D eigenvalue weighted by atomic mass is 35.5. The second-order valence-electron chi connectivity index (χ2n) is 6.54. The predicted octanol–water partition coefficient (Wildman–Crippen LogP) is 2.84. The number of halogens is 1. The van der Waals surface area contributed by atoms with E-state index < -0.39 is 0 Å². The molecule has 0 unspecified atom stereocenters. The number of rotatable bonds is 4. The van der Waals surface area contributed by atoms with Crippen molar-refractivity contribution in [3.05, 3.63) is 35.9 Å². The molecule has 2 atom stereocenters. The summed E-state index contributed by atoms with van der Waals surface area (Å²) in [4.78, 5) is 15.4. The number of amides is 1. The molecule has 3 nitrogen and oxygen atoms in total. The molecule has 2 saturated heterocycles. The molecule has 1 N–H and O–H groups in total. The van der Waals surface area contributed by atoms with Gasteiger partial charge in [-0.05, 0) is 30.2 Å². The van der Waals surface area contributed by atoms with Gasteiger partial charge in [0.1, 0.15) is 0 Å². The Balaban J connectivity index is 0.00000176. The molecule has 2 fully saturated rings. The average Bonchev–Trinajstić information content (AvgIpc) is 3.11. The van der Waals surface area contributed by atoms with Crippen LogP contribution in [-0.4, -0.2) is 37.0 Å². The number of fused-ring (bicyclic) bond motifs is 1. The number of benzene rings is 1. The van der Waals surface area contributed by atoms with Gasteiger partial charge in [0, 0.05) is 26.2 Å². The topological polar surface area (TPSA) is 32.3 Å². The average molecular weight is 323 g/mol. The Hall–Kier alpha value is -1.06. The summed E-state index contributed by atoms with van der Waals surface area (Å²) in [5, 5.41) is 3.44. The van der Waals surface area contributed by atoms with Gasteiger partial charge in [-0.1, -0.05) is 44.2 Å². The van der Waals surface area contributed by atoms with Crippen molar-refractivity contribution < 1.29 is 4.79 Å². The molecule has 2 aliphatic rings. The van der Waals surface area contributed by atoms with Crippen molar-refractivity contribution in [2.75, 3.05) is 26.2 Å². The van der Waals surface area contributed by atoms with E-state index in [1.54, 1.807) is 0 Å². The molecule has 0 radical (unpaired) electrons. The Bertz CT molecular complexity index is 489. The van der Waals surface area contributed by atoms with Gasteiger partial charge < -0.3 is 10.2 Å². The lowest BCUT2D eigenvalue weighted by Crippen LogP contribution is -2.46. The molecule has 4 heteroatoms. The molecule has 1 amide bonds. The highest BCUT2D eigenvalue weighted by Gasteiger charge is 2.45. The first-order valence-corrected chi connectivity index (χ1v) is 8.27. The van der Waals surface area contributed by atoms with Crippen LogP contribution in [0, 0.1) is 11.8 Å². The molecule has 0 saturated carbocycles. The fourth-order valence-corrected chi connectivity index (χ4v) is 4.17. The molecule has 2 heterocycles. The van der Waals surface area contributed by atoms with Gasteiger partial charge in [0.05, 0.1) is 5.41 Å². The normalized spacial score (nSPS) is 24.0. The molecule has 0 aliphatic carbocycles. The van der Waals surface area contributed by atoms with Crippen LogP contribution in [0.2, 0.25) is 0 Å². The first-order valence-electron chi connectivity index (χ1n) is 8.27. The van der Waals surface area contributed by atoms with Crippen molar-refractivity contribution in [2.24, 2.45) is 11.8 Å². The minimum Gasteiger partial charge on any atom is -0.341 e. The SMILES string of the molecule is CCC(CC)(C(=O)N1C[C@H]2CNC[C@H]2C1)c1ccccc1.Cl. The summed E-state index contributed by atoms with van der Waals surface area (Å²) in [7, 11) is 0. The second-order valence-corrected chi connectivity index (χ2v) is 6.54. The Morgan fingerprint density at radius 1 is 1.14 bits per heavy atom. The standard InChI is InChI=1S/C18H26N2O.ClH/c1-3-18(4-2,16-8-6-5-7-9-16)17(21)20-12-14-10-19-11-15(14)13-20;/h5-9,14-15,19H,3-4,10-13H2,1-2H3;1H/t14-,15+;. The van der Waals surface area contributed by atoms with Gasteiger partial charge in [-0.3, -0.25) is 4.79 Å². The van der Waals surface area contributed by atoms with E-state index in [-0.39, 0.29) is 17.8 Å². The predicted molar refractivity (Wildman–Crippen MR) is 92.4 cm³/mol. The van der Waals surface area contributed by atoms with Gasteiger partial charge >= 0.3 is 0 Å². The summed E-state index contributed by atoms with van der Waals surface area (Å²) in [6, 6.07) is 10.3. The molecule has 1 aromatic rings. The van der Waals surface area contributed by atoms with Crippen molar-refractivity contribution in [2.45, 2.75) is 32.1 Å². The summed E-state index contributed by atoms with van der Waals surface area (Å²) in [5.41, 5.74) is 0.836. The number of likely N-dealkylation sites (tertiary alicyclic amines) is 1. The smallest absolute Gasteiger partial charge is 0.233 e. The quantitative estimate of drug-likeness (QED) is 0.924. The summed E-state index contributed by atoms with van der Waals surface area (Å²) >= 11 is 0. The highest BCUT2D eigenvalue weighted by Crippen LogP contribution is 2.37. The molecule has 3 rings (SSSR count). The molecule has 22 heavy (non-hydrogen) atoms. The van der Waals surface area contributed by atoms with Crippen molar-refractivity contribution in [3.8, 4) is 0 Å². The summed E-state index contributed by atoms with van der Waals surface area (Å²) in [6.45, 7) is 8.31. The van der Waals surface area contributed by atoms with Gasteiger partial charge in [-0.2, -0.15) is 0 Å². The zero-order valence-corrected chi connectivity index (χ0v) is 14.4. The van der Waals surface area contributed by atoms with Gasteiger partial charge in [-0.15, -0.1) is 12.4 Å². The van der Waals surface area contributed by atoms with Gasteiger partial charge in [0.25, 0.3) is 0 Å². The van der Waals surface area contributed by atoms with Crippen LogP contribution in [0.3, 0.4) is 0 Å². The maximum Gasteiger partial charge on any atom is 0.233 e.